The molecular weight excluding hydrogens is 304 g/mol. The molecule has 6 nitrogen and oxygen atoms in total. The number of rotatable bonds is 2. The van der Waals surface area contributed by atoms with E-state index in [0.29, 0.717) is 11.6 Å². The van der Waals surface area contributed by atoms with Gasteiger partial charge in [0.2, 0.25) is 0 Å². The predicted molar refractivity (Wildman–Crippen MR) is 86.3 cm³/mol. The van der Waals surface area contributed by atoms with Gasteiger partial charge in [0.15, 0.2) is 5.82 Å². The van der Waals surface area contributed by atoms with Gasteiger partial charge < -0.3 is 14.5 Å². The number of nitrogens with zero attached hydrogens (tertiary/aromatic N) is 4. The lowest BCUT2D eigenvalue weighted by atomic mass is 10.0. The van der Waals surface area contributed by atoms with Crippen LogP contribution in [0.2, 0.25) is 5.02 Å². The smallest absolute Gasteiger partial charge is 0.410 e. The number of likely N-dealkylation sites (N-methyl/N-ethyl adjacent to an activating group) is 1. The maximum atomic E-state index is 12.2. The topological polar surface area (TPSA) is 58.6 Å². The Labute approximate surface area is 136 Å². The van der Waals surface area contributed by atoms with Gasteiger partial charge in [-0.25, -0.2) is 14.8 Å². The van der Waals surface area contributed by atoms with E-state index < -0.39 is 5.60 Å². The Bertz CT molecular complexity index is 533. The molecule has 1 amide bonds. The van der Waals surface area contributed by atoms with Crippen LogP contribution in [0, 0.1) is 0 Å². The van der Waals surface area contributed by atoms with Gasteiger partial charge in [0.25, 0.3) is 0 Å². The fourth-order valence-electron chi connectivity index (χ4n) is 2.49. The van der Waals surface area contributed by atoms with E-state index in [1.807, 2.05) is 20.8 Å². The Balaban J connectivity index is 2.04. The molecule has 1 saturated heterocycles. The second kappa shape index (κ2) is 6.69. The SMILES string of the molecule is CN(C(=O)OC(C)(C)C)C1CCCN(c2ncncc2Cl)C1. The largest absolute Gasteiger partial charge is 0.444 e. The fourth-order valence-corrected chi connectivity index (χ4v) is 2.71. The lowest BCUT2D eigenvalue weighted by molar-refractivity contribution is 0.0209. The Morgan fingerprint density at radius 3 is 2.86 bits per heavy atom. The normalized spacial score (nSPS) is 19.0. The van der Waals surface area contributed by atoms with E-state index in [-0.39, 0.29) is 12.1 Å². The molecule has 0 aromatic carbocycles. The minimum atomic E-state index is -0.490. The number of carbonyl (C=O) groups is 1. The van der Waals surface area contributed by atoms with Crippen molar-refractivity contribution in [3.8, 4) is 0 Å². The summed E-state index contributed by atoms with van der Waals surface area (Å²) in [5, 5.41) is 0.531. The summed E-state index contributed by atoms with van der Waals surface area (Å²) in [6.07, 6.45) is 4.69. The highest BCUT2D eigenvalue weighted by Gasteiger charge is 2.30. The summed E-state index contributed by atoms with van der Waals surface area (Å²) < 4.78 is 5.43. The molecule has 122 valence electrons. The van der Waals surface area contributed by atoms with Crippen LogP contribution < -0.4 is 4.90 Å². The monoisotopic (exact) mass is 326 g/mol. The molecule has 1 aromatic rings. The zero-order chi connectivity index (χ0) is 16.3. The second-order valence-corrected chi connectivity index (χ2v) is 6.93. The van der Waals surface area contributed by atoms with Gasteiger partial charge >= 0.3 is 6.09 Å². The number of hydrogen-bond donors (Lipinski definition) is 0. The average molecular weight is 327 g/mol. The van der Waals surface area contributed by atoms with Crippen molar-refractivity contribution in [1.82, 2.24) is 14.9 Å². The van der Waals surface area contributed by atoms with Gasteiger partial charge in [-0.05, 0) is 33.6 Å². The van der Waals surface area contributed by atoms with E-state index in [4.69, 9.17) is 16.3 Å². The van der Waals surface area contributed by atoms with E-state index in [0.717, 1.165) is 25.2 Å². The van der Waals surface area contributed by atoms with E-state index in [9.17, 15) is 4.79 Å². The average Bonchev–Trinajstić information content (AvgIpc) is 2.45. The number of amides is 1. The molecular formula is C15H23ClN4O2. The van der Waals surface area contributed by atoms with Crippen LogP contribution in [0.5, 0.6) is 0 Å². The molecule has 1 aromatic heterocycles. The summed E-state index contributed by atoms with van der Waals surface area (Å²) in [4.78, 5) is 24.1. The third kappa shape index (κ3) is 4.22. The molecule has 0 saturated carbocycles. The van der Waals surface area contributed by atoms with Crippen LogP contribution in [0.4, 0.5) is 10.6 Å². The standard InChI is InChI=1S/C15H23ClN4O2/c1-15(2,3)22-14(21)19(4)11-6-5-7-20(9-11)13-12(16)8-17-10-18-13/h8,10-11H,5-7,9H2,1-4H3. The molecule has 1 atom stereocenters. The lowest BCUT2D eigenvalue weighted by Gasteiger charge is -2.38. The lowest BCUT2D eigenvalue weighted by Crippen LogP contribution is -2.50. The van der Waals surface area contributed by atoms with Crippen molar-refractivity contribution in [2.45, 2.75) is 45.3 Å². The Morgan fingerprint density at radius 1 is 1.50 bits per heavy atom. The summed E-state index contributed by atoms with van der Waals surface area (Å²) in [5.74, 6) is 0.721. The third-order valence-corrected chi connectivity index (χ3v) is 3.84. The molecule has 7 heteroatoms. The first-order valence-corrected chi connectivity index (χ1v) is 7.82. The molecule has 0 bridgehead atoms. The van der Waals surface area contributed by atoms with Gasteiger partial charge in [0.1, 0.15) is 17.0 Å². The summed E-state index contributed by atoms with van der Waals surface area (Å²) in [6.45, 7) is 7.16. The first-order valence-electron chi connectivity index (χ1n) is 7.44. The van der Waals surface area contributed by atoms with E-state index in [1.54, 1.807) is 18.1 Å². The van der Waals surface area contributed by atoms with Gasteiger partial charge in [-0.15, -0.1) is 0 Å². The number of carbonyl (C=O) groups excluding carboxylic acids is 1. The van der Waals surface area contributed by atoms with Crippen LogP contribution in [0.3, 0.4) is 0 Å². The first-order chi connectivity index (χ1) is 10.3. The zero-order valence-corrected chi connectivity index (χ0v) is 14.3. The summed E-state index contributed by atoms with van der Waals surface area (Å²) >= 11 is 6.16. The van der Waals surface area contributed by atoms with Crippen molar-refractivity contribution in [1.29, 1.82) is 0 Å². The number of aromatic nitrogens is 2. The maximum absolute atomic E-state index is 12.2. The summed E-state index contributed by atoms with van der Waals surface area (Å²) in [6, 6.07) is 0.0784. The van der Waals surface area contributed by atoms with Crippen LogP contribution in [0.1, 0.15) is 33.6 Å². The third-order valence-electron chi connectivity index (χ3n) is 3.57. The molecule has 0 N–H and O–H groups in total. The summed E-state index contributed by atoms with van der Waals surface area (Å²) in [7, 11) is 1.78. The highest BCUT2D eigenvalue weighted by molar-refractivity contribution is 6.32. The van der Waals surface area contributed by atoms with Gasteiger partial charge in [0, 0.05) is 20.1 Å². The van der Waals surface area contributed by atoms with Crippen LogP contribution >= 0.6 is 11.6 Å². The number of piperidine rings is 1. The number of hydrogen-bond acceptors (Lipinski definition) is 5. The van der Waals surface area contributed by atoms with Crippen molar-refractivity contribution in [2.24, 2.45) is 0 Å². The highest BCUT2D eigenvalue weighted by Crippen LogP contribution is 2.26. The molecule has 22 heavy (non-hydrogen) atoms. The van der Waals surface area contributed by atoms with E-state index in [1.165, 1.54) is 6.33 Å². The fraction of sp³-hybridized carbons (Fsp3) is 0.667. The minimum Gasteiger partial charge on any atom is -0.444 e. The van der Waals surface area contributed by atoms with Crippen molar-refractivity contribution >= 4 is 23.5 Å². The van der Waals surface area contributed by atoms with Gasteiger partial charge in [-0.2, -0.15) is 0 Å². The number of halogens is 1. The number of ether oxygens (including phenoxy) is 1. The Hall–Kier alpha value is -1.56. The molecule has 1 aliphatic heterocycles. The van der Waals surface area contributed by atoms with Gasteiger partial charge in [-0.1, -0.05) is 11.6 Å². The van der Waals surface area contributed by atoms with Gasteiger partial charge in [0.05, 0.1) is 12.2 Å². The van der Waals surface area contributed by atoms with Gasteiger partial charge in [-0.3, -0.25) is 0 Å². The second-order valence-electron chi connectivity index (χ2n) is 6.53. The van der Waals surface area contributed by atoms with Crippen molar-refractivity contribution < 1.29 is 9.53 Å². The van der Waals surface area contributed by atoms with Crippen LogP contribution in [0.15, 0.2) is 12.5 Å². The van der Waals surface area contributed by atoms with E-state index >= 15 is 0 Å². The number of anilines is 1. The molecule has 2 heterocycles. The summed E-state index contributed by atoms with van der Waals surface area (Å²) in [5.41, 5.74) is -0.490. The van der Waals surface area contributed by atoms with Crippen LogP contribution in [-0.4, -0.2) is 52.7 Å². The first kappa shape index (κ1) is 16.8. The quantitative estimate of drug-likeness (QED) is 0.836. The maximum Gasteiger partial charge on any atom is 0.410 e. The van der Waals surface area contributed by atoms with Crippen molar-refractivity contribution in [3.63, 3.8) is 0 Å². The molecule has 0 radical (unpaired) electrons. The van der Waals surface area contributed by atoms with Crippen LogP contribution in [0.25, 0.3) is 0 Å². The predicted octanol–water partition coefficient (Wildman–Crippen LogP) is 2.97. The molecule has 1 aliphatic rings. The van der Waals surface area contributed by atoms with Crippen LogP contribution in [-0.2, 0) is 4.74 Å². The minimum absolute atomic E-state index is 0.0784. The van der Waals surface area contributed by atoms with Crippen molar-refractivity contribution in [2.75, 3.05) is 25.0 Å². The molecule has 2 rings (SSSR count). The van der Waals surface area contributed by atoms with E-state index in [2.05, 4.69) is 14.9 Å². The molecule has 0 spiro atoms. The highest BCUT2D eigenvalue weighted by atomic mass is 35.5. The Kier molecular flexibility index (Phi) is 5.11. The van der Waals surface area contributed by atoms with Crippen molar-refractivity contribution in [3.05, 3.63) is 17.5 Å². The Morgan fingerprint density at radius 2 is 2.23 bits per heavy atom. The molecule has 0 aliphatic carbocycles. The zero-order valence-electron chi connectivity index (χ0n) is 13.5. The molecule has 1 fully saturated rings. The molecule has 1 unspecified atom stereocenters.